The van der Waals surface area contributed by atoms with E-state index in [1.165, 1.54) is 7.11 Å². The minimum absolute atomic E-state index is 0.0182. The van der Waals surface area contributed by atoms with Gasteiger partial charge in [0.2, 0.25) is 0 Å². The van der Waals surface area contributed by atoms with Gasteiger partial charge in [0.15, 0.2) is 0 Å². The second-order valence-electron chi connectivity index (χ2n) is 8.00. The number of alkyl halides is 3. The number of hydrogen-bond donors (Lipinski definition) is 1. The lowest BCUT2D eigenvalue weighted by atomic mass is 9.95. The highest BCUT2D eigenvalue weighted by Crippen LogP contribution is 2.26. The number of amides is 2. The third-order valence-electron chi connectivity index (χ3n) is 4.43. The summed E-state index contributed by atoms with van der Waals surface area (Å²) in [4.78, 5) is 36.4. The molecule has 1 aliphatic heterocycles. The van der Waals surface area contributed by atoms with Crippen LogP contribution in [0.25, 0.3) is 0 Å². The van der Waals surface area contributed by atoms with Crippen LogP contribution >= 0.6 is 0 Å². The van der Waals surface area contributed by atoms with E-state index in [1.807, 2.05) is 0 Å². The first-order valence-electron chi connectivity index (χ1n) is 9.34. The van der Waals surface area contributed by atoms with Gasteiger partial charge in [-0.05, 0) is 43.9 Å². The van der Waals surface area contributed by atoms with E-state index >= 15 is 0 Å². The van der Waals surface area contributed by atoms with Crippen molar-refractivity contribution in [2.75, 3.05) is 13.7 Å². The Morgan fingerprint density at radius 2 is 1.83 bits per heavy atom. The molecule has 0 saturated heterocycles. The lowest BCUT2D eigenvalue weighted by Crippen LogP contribution is -2.45. The molecule has 1 atom stereocenters. The monoisotopic (exact) mass is 430 g/mol. The summed E-state index contributed by atoms with van der Waals surface area (Å²) in [5.41, 5.74) is 1.24. The Bertz CT molecular complexity index is 818. The fourth-order valence-corrected chi connectivity index (χ4v) is 3.11. The van der Waals surface area contributed by atoms with Crippen molar-refractivity contribution in [1.29, 1.82) is 0 Å². The molecule has 7 nitrogen and oxygen atoms in total. The molecule has 0 fully saturated rings. The van der Waals surface area contributed by atoms with Crippen LogP contribution in [-0.2, 0) is 38.4 Å². The third kappa shape index (κ3) is 6.36. The zero-order valence-corrected chi connectivity index (χ0v) is 17.3. The normalized spacial score (nSPS) is 15.1. The van der Waals surface area contributed by atoms with Crippen LogP contribution in [-0.4, -0.2) is 54.3 Å². The molecule has 2 amide bonds. The van der Waals surface area contributed by atoms with Crippen LogP contribution in [0, 0.1) is 0 Å². The lowest BCUT2D eigenvalue weighted by Gasteiger charge is -2.30. The summed E-state index contributed by atoms with van der Waals surface area (Å²) in [6, 6.07) is 4.08. The van der Waals surface area contributed by atoms with Crippen LogP contribution in [0.5, 0.6) is 0 Å². The molecule has 0 radical (unpaired) electrons. The van der Waals surface area contributed by atoms with Crippen molar-refractivity contribution in [2.24, 2.45) is 0 Å². The summed E-state index contributed by atoms with van der Waals surface area (Å²) >= 11 is 0. The number of carbonyl (C=O) groups is 3. The molecule has 0 saturated carbocycles. The molecule has 166 valence electrons. The van der Waals surface area contributed by atoms with E-state index in [9.17, 15) is 27.6 Å². The summed E-state index contributed by atoms with van der Waals surface area (Å²) in [5, 5.41) is 2.45. The predicted octanol–water partition coefficient (Wildman–Crippen LogP) is 2.74. The van der Waals surface area contributed by atoms with E-state index in [1.54, 1.807) is 39.0 Å². The van der Waals surface area contributed by atoms with Crippen molar-refractivity contribution < 1.29 is 37.0 Å². The van der Waals surface area contributed by atoms with Gasteiger partial charge in [0, 0.05) is 19.5 Å². The number of ether oxygens (including phenoxy) is 2. The van der Waals surface area contributed by atoms with E-state index in [4.69, 9.17) is 9.47 Å². The maximum atomic E-state index is 12.7. The number of rotatable bonds is 4. The van der Waals surface area contributed by atoms with Crippen molar-refractivity contribution in [2.45, 2.75) is 58.0 Å². The van der Waals surface area contributed by atoms with Crippen molar-refractivity contribution in [3.05, 3.63) is 34.9 Å². The standard InChI is InChI=1S/C20H25F3N2O5/c1-19(2,3)30-18(28)24-15(16(26)29-4)10-12-5-6-13-7-8-25(11-14(13)9-12)17(27)20(21,22)23/h5-6,9,15H,7-8,10-11H2,1-4H3,(H,24,28). The van der Waals surface area contributed by atoms with Gasteiger partial charge < -0.3 is 19.7 Å². The number of nitrogens with one attached hydrogen (secondary N) is 1. The maximum absolute atomic E-state index is 12.7. The lowest BCUT2D eigenvalue weighted by molar-refractivity contribution is -0.186. The Labute approximate surface area is 172 Å². The number of benzene rings is 1. The first-order valence-corrected chi connectivity index (χ1v) is 9.34. The summed E-state index contributed by atoms with van der Waals surface area (Å²) in [6.45, 7) is 4.84. The molecule has 1 N–H and O–H groups in total. The number of methoxy groups -OCH3 is 1. The number of halogens is 3. The molecule has 1 unspecified atom stereocenters. The van der Waals surface area contributed by atoms with Gasteiger partial charge in [-0.3, -0.25) is 4.79 Å². The van der Waals surface area contributed by atoms with Gasteiger partial charge in [0.1, 0.15) is 11.6 Å². The second kappa shape index (κ2) is 8.93. The van der Waals surface area contributed by atoms with E-state index in [2.05, 4.69) is 5.32 Å². The van der Waals surface area contributed by atoms with Crippen molar-refractivity contribution >= 4 is 18.0 Å². The van der Waals surface area contributed by atoms with E-state index in [0.717, 1.165) is 10.5 Å². The van der Waals surface area contributed by atoms with Crippen LogP contribution < -0.4 is 5.32 Å². The van der Waals surface area contributed by atoms with E-state index < -0.39 is 35.8 Å². The molecule has 0 bridgehead atoms. The molecule has 0 aliphatic carbocycles. The average molecular weight is 430 g/mol. The number of fused-ring (bicyclic) bond motifs is 1. The molecule has 30 heavy (non-hydrogen) atoms. The minimum Gasteiger partial charge on any atom is -0.467 e. The van der Waals surface area contributed by atoms with Crippen LogP contribution in [0.15, 0.2) is 18.2 Å². The van der Waals surface area contributed by atoms with Gasteiger partial charge in [-0.2, -0.15) is 13.2 Å². The van der Waals surface area contributed by atoms with E-state index in [0.29, 0.717) is 17.5 Å². The Kier molecular flexibility index (Phi) is 6.99. The van der Waals surface area contributed by atoms with E-state index in [-0.39, 0.29) is 19.5 Å². The van der Waals surface area contributed by atoms with Gasteiger partial charge in [-0.1, -0.05) is 18.2 Å². The summed E-state index contributed by atoms with van der Waals surface area (Å²) < 4.78 is 48.1. The molecule has 1 heterocycles. The zero-order chi connectivity index (χ0) is 22.7. The summed E-state index contributed by atoms with van der Waals surface area (Å²) in [6.07, 6.45) is -5.37. The van der Waals surface area contributed by atoms with Gasteiger partial charge in [0.05, 0.1) is 7.11 Å². The molecule has 1 aromatic rings. The Morgan fingerprint density at radius 3 is 2.40 bits per heavy atom. The molecule has 2 rings (SSSR count). The quantitative estimate of drug-likeness (QED) is 0.743. The minimum atomic E-state index is -4.93. The van der Waals surface area contributed by atoms with Gasteiger partial charge in [-0.15, -0.1) is 0 Å². The highest BCUT2D eigenvalue weighted by molar-refractivity contribution is 5.82. The van der Waals surface area contributed by atoms with Gasteiger partial charge in [-0.25, -0.2) is 9.59 Å². The summed E-state index contributed by atoms with van der Waals surface area (Å²) in [5.74, 6) is -2.56. The molecular weight excluding hydrogens is 405 g/mol. The van der Waals surface area contributed by atoms with Crippen LogP contribution in [0.3, 0.4) is 0 Å². The molecule has 1 aliphatic rings. The number of esters is 1. The second-order valence-corrected chi connectivity index (χ2v) is 8.00. The van der Waals surface area contributed by atoms with Gasteiger partial charge in [0.25, 0.3) is 0 Å². The smallest absolute Gasteiger partial charge is 0.467 e. The topological polar surface area (TPSA) is 84.9 Å². The van der Waals surface area contributed by atoms with Crippen molar-refractivity contribution in [3.63, 3.8) is 0 Å². The van der Waals surface area contributed by atoms with Crippen molar-refractivity contribution in [3.8, 4) is 0 Å². The van der Waals surface area contributed by atoms with Crippen molar-refractivity contribution in [1.82, 2.24) is 10.2 Å². The van der Waals surface area contributed by atoms with Gasteiger partial charge >= 0.3 is 24.1 Å². The highest BCUT2D eigenvalue weighted by atomic mass is 19.4. The fourth-order valence-electron chi connectivity index (χ4n) is 3.11. The molecule has 0 spiro atoms. The Morgan fingerprint density at radius 1 is 1.17 bits per heavy atom. The first-order chi connectivity index (χ1) is 13.8. The molecule has 1 aromatic carbocycles. The number of carbonyl (C=O) groups excluding carboxylic acids is 3. The predicted molar refractivity (Wildman–Crippen MR) is 100 cm³/mol. The third-order valence-corrected chi connectivity index (χ3v) is 4.43. The fraction of sp³-hybridized carbons (Fsp3) is 0.550. The first kappa shape index (κ1) is 23.5. The number of hydrogen-bond acceptors (Lipinski definition) is 5. The Balaban J connectivity index is 2.16. The molecule has 0 aromatic heterocycles. The highest BCUT2D eigenvalue weighted by Gasteiger charge is 2.43. The number of nitrogens with zero attached hydrogens (tertiary/aromatic N) is 1. The zero-order valence-electron chi connectivity index (χ0n) is 17.3. The maximum Gasteiger partial charge on any atom is 0.471 e. The molecule has 10 heteroatoms. The summed E-state index contributed by atoms with van der Waals surface area (Å²) in [7, 11) is 1.18. The SMILES string of the molecule is COC(=O)C(Cc1ccc2c(c1)CN(C(=O)C(F)(F)F)CC2)NC(=O)OC(C)(C)C. The van der Waals surface area contributed by atoms with Crippen LogP contribution in [0.4, 0.5) is 18.0 Å². The van der Waals surface area contributed by atoms with Crippen LogP contribution in [0.1, 0.15) is 37.5 Å². The average Bonchev–Trinajstić information content (AvgIpc) is 2.63. The molecular formula is C20H25F3N2O5. The largest absolute Gasteiger partial charge is 0.471 e. The number of alkyl carbamates (subject to hydrolysis) is 1. The Hall–Kier alpha value is -2.78. The van der Waals surface area contributed by atoms with Crippen LogP contribution in [0.2, 0.25) is 0 Å².